The van der Waals surface area contributed by atoms with E-state index < -0.39 is 5.97 Å². The molecule has 0 aliphatic heterocycles. The topological polar surface area (TPSA) is 75.6 Å². The van der Waals surface area contributed by atoms with Crippen LogP contribution in [-0.4, -0.2) is 30.2 Å². The van der Waals surface area contributed by atoms with Gasteiger partial charge in [0.05, 0.1) is 6.42 Å². The molecule has 0 aliphatic carbocycles. The van der Waals surface area contributed by atoms with Crippen LogP contribution in [0.4, 0.5) is 5.69 Å². The zero-order valence-electron chi connectivity index (χ0n) is 12.6. The second kappa shape index (κ2) is 9.13. The van der Waals surface area contributed by atoms with Crippen LogP contribution in [0.1, 0.15) is 44.6 Å². The van der Waals surface area contributed by atoms with Crippen LogP contribution in [0.5, 0.6) is 0 Å². The minimum atomic E-state index is -0.811. The molecule has 0 spiro atoms. The van der Waals surface area contributed by atoms with Crippen molar-refractivity contribution in [3.63, 3.8) is 0 Å². The summed E-state index contributed by atoms with van der Waals surface area (Å²) in [7, 11) is 0. The van der Waals surface area contributed by atoms with Gasteiger partial charge < -0.3 is 15.2 Å². The molecule has 5 nitrogen and oxygen atoms in total. The van der Waals surface area contributed by atoms with Crippen molar-refractivity contribution in [2.45, 2.75) is 39.0 Å². The fraction of sp³-hybridized carbons (Fsp3) is 0.500. The van der Waals surface area contributed by atoms with Crippen molar-refractivity contribution >= 4 is 17.6 Å². The number of hydrogen-bond donors (Lipinski definition) is 2. The summed E-state index contributed by atoms with van der Waals surface area (Å²) in [6.45, 7) is 5.05. The lowest BCUT2D eigenvalue weighted by Crippen LogP contribution is -2.12. The fourth-order valence-electron chi connectivity index (χ4n) is 1.98. The summed E-state index contributed by atoms with van der Waals surface area (Å²) in [5.41, 5.74) is 1.68. The third kappa shape index (κ3) is 6.90. The van der Waals surface area contributed by atoms with E-state index in [0.29, 0.717) is 26.1 Å². The van der Waals surface area contributed by atoms with Crippen molar-refractivity contribution in [3.8, 4) is 0 Å². The van der Waals surface area contributed by atoms with Gasteiger partial charge in [-0.1, -0.05) is 19.1 Å². The highest BCUT2D eigenvalue weighted by molar-refractivity contribution is 5.90. The second-order valence-electron chi connectivity index (χ2n) is 4.97. The molecule has 0 heterocycles. The number of benzene rings is 1. The molecule has 1 atom stereocenters. The van der Waals surface area contributed by atoms with E-state index in [1.54, 1.807) is 12.1 Å². The Hall–Kier alpha value is -1.88. The molecule has 0 aliphatic rings. The molecule has 1 amide bonds. The highest BCUT2D eigenvalue weighted by Crippen LogP contribution is 2.21. The van der Waals surface area contributed by atoms with Crippen molar-refractivity contribution in [3.05, 3.63) is 29.8 Å². The third-order valence-corrected chi connectivity index (χ3v) is 3.14. The first-order valence-electron chi connectivity index (χ1n) is 7.22. The number of carbonyl (C=O) groups is 2. The molecule has 0 aromatic heterocycles. The predicted molar refractivity (Wildman–Crippen MR) is 81.5 cm³/mol. The van der Waals surface area contributed by atoms with Gasteiger partial charge in [0.25, 0.3) is 0 Å². The first-order chi connectivity index (χ1) is 10.0. The number of carboxylic acids is 1. The summed E-state index contributed by atoms with van der Waals surface area (Å²) in [5.74, 6) is -0.895. The van der Waals surface area contributed by atoms with Gasteiger partial charge in [-0.3, -0.25) is 9.59 Å². The highest BCUT2D eigenvalue weighted by atomic mass is 16.5. The number of nitrogens with one attached hydrogen (secondary N) is 1. The lowest BCUT2D eigenvalue weighted by atomic mass is 9.98. The van der Waals surface area contributed by atoms with Crippen molar-refractivity contribution in [1.82, 2.24) is 0 Å². The van der Waals surface area contributed by atoms with Crippen molar-refractivity contribution in [2.75, 3.05) is 18.5 Å². The summed E-state index contributed by atoms with van der Waals surface area (Å²) in [5, 5.41) is 11.6. The van der Waals surface area contributed by atoms with Gasteiger partial charge in [0.1, 0.15) is 0 Å². The molecule has 0 saturated heterocycles. The molecule has 1 aromatic carbocycles. The molecule has 5 heteroatoms. The molecular weight excluding hydrogens is 270 g/mol. The number of hydrogen-bond acceptors (Lipinski definition) is 3. The number of rotatable bonds is 9. The van der Waals surface area contributed by atoms with Gasteiger partial charge in [-0.2, -0.15) is 0 Å². The van der Waals surface area contributed by atoms with Crippen LogP contribution < -0.4 is 5.32 Å². The van der Waals surface area contributed by atoms with Gasteiger partial charge >= 0.3 is 5.97 Å². The standard InChI is InChI=1S/C16H23NO4/c1-3-21-10-4-5-15(18)17-14-8-6-13(7-9-14)12(2)11-16(19)20/h6-9,12H,3-5,10-11H2,1-2H3,(H,17,18)(H,19,20). The van der Waals surface area contributed by atoms with E-state index in [0.717, 1.165) is 11.3 Å². The minimum absolute atomic E-state index is 0.0407. The Balaban J connectivity index is 2.43. The van der Waals surface area contributed by atoms with Gasteiger partial charge in [-0.25, -0.2) is 0 Å². The number of carboxylic acid groups (broad SMARTS) is 1. The Morgan fingerprint density at radius 2 is 1.95 bits per heavy atom. The monoisotopic (exact) mass is 293 g/mol. The van der Waals surface area contributed by atoms with E-state index >= 15 is 0 Å². The second-order valence-corrected chi connectivity index (χ2v) is 4.97. The van der Waals surface area contributed by atoms with Crippen molar-refractivity contribution < 1.29 is 19.4 Å². The van der Waals surface area contributed by atoms with Crippen LogP contribution in [0.2, 0.25) is 0 Å². The average Bonchev–Trinajstić information content (AvgIpc) is 2.43. The maximum atomic E-state index is 11.7. The lowest BCUT2D eigenvalue weighted by Gasteiger charge is -2.10. The molecule has 1 rings (SSSR count). The van der Waals surface area contributed by atoms with Crippen molar-refractivity contribution in [1.29, 1.82) is 0 Å². The average molecular weight is 293 g/mol. The number of anilines is 1. The summed E-state index contributed by atoms with van der Waals surface area (Å²) in [6, 6.07) is 7.30. The molecule has 0 saturated carbocycles. The van der Waals surface area contributed by atoms with Crippen LogP contribution in [0.3, 0.4) is 0 Å². The largest absolute Gasteiger partial charge is 0.481 e. The maximum Gasteiger partial charge on any atom is 0.303 e. The van der Waals surface area contributed by atoms with Gasteiger partial charge in [0.2, 0.25) is 5.91 Å². The molecule has 0 radical (unpaired) electrons. The van der Waals surface area contributed by atoms with Crippen molar-refractivity contribution in [2.24, 2.45) is 0 Å². The van der Waals surface area contributed by atoms with E-state index in [-0.39, 0.29) is 18.2 Å². The molecule has 1 aromatic rings. The summed E-state index contributed by atoms with van der Waals surface area (Å²) in [6.07, 6.45) is 1.23. The van der Waals surface area contributed by atoms with Crippen LogP contribution >= 0.6 is 0 Å². The molecule has 0 bridgehead atoms. The third-order valence-electron chi connectivity index (χ3n) is 3.14. The summed E-state index contributed by atoms with van der Waals surface area (Å²) in [4.78, 5) is 22.4. The zero-order valence-corrected chi connectivity index (χ0v) is 12.6. The van der Waals surface area contributed by atoms with Gasteiger partial charge in [0, 0.05) is 25.3 Å². The zero-order chi connectivity index (χ0) is 15.7. The quantitative estimate of drug-likeness (QED) is 0.686. The predicted octanol–water partition coefficient (Wildman–Crippen LogP) is 3.02. The van der Waals surface area contributed by atoms with Crippen LogP contribution in [0.15, 0.2) is 24.3 Å². The highest BCUT2D eigenvalue weighted by Gasteiger charge is 2.10. The smallest absolute Gasteiger partial charge is 0.303 e. The lowest BCUT2D eigenvalue weighted by molar-refractivity contribution is -0.137. The molecule has 0 fully saturated rings. The van der Waals surface area contributed by atoms with Gasteiger partial charge in [-0.15, -0.1) is 0 Å². The normalized spacial score (nSPS) is 11.9. The van der Waals surface area contributed by atoms with E-state index in [1.165, 1.54) is 0 Å². The van der Waals surface area contributed by atoms with E-state index in [1.807, 2.05) is 26.0 Å². The Morgan fingerprint density at radius 3 is 2.52 bits per heavy atom. The number of carbonyl (C=O) groups excluding carboxylic acids is 1. The number of ether oxygens (including phenoxy) is 1. The Kier molecular flexibility index (Phi) is 7.46. The SMILES string of the molecule is CCOCCCC(=O)Nc1ccc(C(C)CC(=O)O)cc1. The van der Waals surface area contributed by atoms with E-state index in [4.69, 9.17) is 9.84 Å². The Labute approximate surface area is 125 Å². The summed E-state index contributed by atoms with van der Waals surface area (Å²) >= 11 is 0. The van der Waals surface area contributed by atoms with Gasteiger partial charge in [0.15, 0.2) is 0 Å². The molecule has 116 valence electrons. The Bertz CT molecular complexity index is 456. The van der Waals surface area contributed by atoms with Crippen LogP contribution in [-0.2, 0) is 14.3 Å². The molecule has 2 N–H and O–H groups in total. The van der Waals surface area contributed by atoms with Crippen LogP contribution in [0, 0.1) is 0 Å². The molecule has 1 unspecified atom stereocenters. The summed E-state index contributed by atoms with van der Waals surface area (Å²) < 4.78 is 5.18. The fourth-order valence-corrected chi connectivity index (χ4v) is 1.98. The maximum absolute atomic E-state index is 11.7. The first kappa shape index (κ1) is 17.2. The number of amides is 1. The van der Waals surface area contributed by atoms with E-state index in [2.05, 4.69) is 5.32 Å². The van der Waals surface area contributed by atoms with E-state index in [9.17, 15) is 9.59 Å². The number of aliphatic carboxylic acids is 1. The van der Waals surface area contributed by atoms with Gasteiger partial charge in [-0.05, 0) is 37.0 Å². The van der Waals surface area contributed by atoms with Crippen LogP contribution in [0.25, 0.3) is 0 Å². The minimum Gasteiger partial charge on any atom is -0.481 e. The molecular formula is C16H23NO4. The first-order valence-corrected chi connectivity index (χ1v) is 7.22. The molecule has 21 heavy (non-hydrogen) atoms. The Morgan fingerprint density at radius 1 is 1.29 bits per heavy atom.